The van der Waals surface area contributed by atoms with E-state index >= 15 is 0 Å². The maximum atomic E-state index is 3.83. The first-order valence-corrected chi connectivity index (χ1v) is 12.5. The first-order chi connectivity index (χ1) is 13.5. The van der Waals surface area contributed by atoms with Gasteiger partial charge in [-0.05, 0) is 39.9 Å². The summed E-state index contributed by atoms with van der Waals surface area (Å²) in [5, 5.41) is 0. The van der Waals surface area contributed by atoms with Gasteiger partial charge < -0.3 is 0 Å². The fourth-order valence-electron chi connectivity index (χ4n) is 0.646. The van der Waals surface area contributed by atoms with Crippen molar-refractivity contribution in [1.29, 1.82) is 0 Å². The highest BCUT2D eigenvalue weighted by molar-refractivity contribution is 7.27. The highest BCUT2D eigenvalue weighted by Crippen LogP contribution is 2.09. The molecule has 1 aliphatic carbocycles. The van der Waals surface area contributed by atoms with E-state index in [1.54, 1.807) is 6.20 Å². The van der Waals surface area contributed by atoms with Crippen molar-refractivity contribution in [2.75, 3.05) is 0 Å². The predicted octanol–water partition coefficient (Wildman–Crippen LogP) is 11.4. The zero-order valence-electron chi connectivity index (χ0n) is 24.2. The molecule has 0 N–H and O–H groups in total. The molecule has 1 nitrogen and oxygen atoms in total. The predicted molar refractivity (Wildman–Crippen MR) is 150 cm³/mol. The molecule has 1 aliphatic rings. The Kier molecular flexibility index (Phi) is 23.8. The van der Waals surface area contributed by atoms with Crippen LogP contribution in [0.5, 0.6) is 0 Å². The molecule has 0 unspecified atom stereocenters. The Labute approximate surface area is 200 Å². The molecule has 0 saturated heterocycles. The van der Waals surface area contributed by atoms with Crippen molar-refractivity contribution in [3.63, 3.8) is 0 Å². The molecule has 0 atom stereocenters. The molecule has 0 radical (unpaired) electrons. The second-order valence-corrected chi connectivity index (χ2v) is 14.8. The van der Waals surface area contributed by atoms with Crippen LogP contribution in [0.1, 0.15) is 117 Å². The molecule has 184 valence electrons. The standard InChI is InChI=1S/C5H6.4C5H12.C4H4NP/c1-2-4-5-3-1;4*1-5(2,3)4;1-2-5-4-6-3-1/h1-4H,5H2;4*1-4H3;1-4H. The Bertz CT molecular complexity index is 406. The second-order valence-electron chi connectivity index (χ2n) is 14.0. The van der Waals surface area contributed by atoms with Gasteiger partial charge in [0.15, 0.2) is 0 Å². The molecular weight excluding hydrogens is 393 g/mol. The lowest BCUT2D eigenvalue weighted by molar-refractivity contribution is 0.469. The van der Waals surface area contributed by atoms with E-state index in [1.165, 1.54) is 8.19 Å². The lowest BCUT2D eigenvalue weighted by atomic mass is 10.0. The highest BCUT2D eigenvalue weighted by atomic mass is 31.0. The summed E-state index contributed by atoms with van der Waals surface area (Å²) in [5.74, 6) is 3.88. The topological polar surface area (TPSA) is 12.9 Å². The summed E-state index contributed by atoms with van der Waals surface area (Å²) >= 11 is 0. The summed E-state index contributed by atoms with van der Waals surface area (Å²) in [5.41, 5.74) is 2.00. The van der Waals surface area contributed by atoms with Gasteiger partial charge in [0, 0.05) is 6.20 Å². The average molecular weight is 452 g/mol. The minimum atomic E-state index is 0.500. The number of aromatic nitrogens is 1. The van der Waals surface area contributed by atoms with Crippen molar-refractivity contribution < 1.29 is 0 Å². The van der Waals surface area contributed by atoms with Crippen molar-refractivity contribution in [2.24, 2.45) is 21.7 Å². The second kappa shape index (κ2) is 19.7. The van der Waals surface area contributed by atoms with E-state index in [-0.39, 0.29) is 0 Å². The van der Waals surface area contributed by atoms with Gasteiger partial charge in [-0.2, -0.15) is 0 Å². The Morgan fingerprint density at radius 1 is 0.548 bits per heavy atom. The van der Waals surface area contributed by atoms with E-state index in [1.807, 2.05) is 17.8 Å². The molecular formula is C29H58NP. The average Bonchev–Trinajstić information content (AvgIpc) is 3.01. The van der Waals surface area contributed by atoms with Crippen LogP contribution in [0.15, 0.2) is 48.3 Å². The van der Waals surface area contributed by atoms with Gasteiger partial charge in [-0.1, -0.05) is 143 Å². The Morgan fingerprint density at radius 2 is 0.839 bits per heavy atom. The first kappa shape index (κ1) is 37.4. The van der Waals surface area contributed by atoms with Gasteiger partial charge in [-0.15, -0.1) is 0 Å². The Balaban J connectivity index is -0.000000141. The zero-order chi connectivity index (χ0) is 25.8. The summed E-state index contributed by atoms with van der Waals surface area (Å²) in [6.45, 7) is 35.0. The van der Waals surface area contributed by atoms with Crippen LogP contribution < -0.4 is 0 Å². The molecule has 2 rings (SSSR count). The lowest BCUT2D eigenvalue weighted by Crippen LogP contribution is -1.93. The maximum Gasteiger partial charge on any atom is 0.0538 e. The molecule has 0 aliphatic heterocycles. The summed E-state index contributed by atoms with van der Waals surface area (Å²) < 4.78 is 0. The summed E-state index contributed by atoms with van der Waals surface area (Å²) in [6, 6.07) is 1.93. The van der Waals surface area contributed by atoms with E-state index in [2.05, 4.69) is 140 Å². The minimum absolute atomic E-state index is 0.500. The molecule has 1 aromatic heterocycles. The summed E-state index contributed by atoms with van der Waals surface area (Å²) in [6.07, 6.45) is 11.3. The first-order valence-electron chi connectivity index (χ1n) is 11.5. The molecule has 0 saturated carbocycles. The SMILES string of the molecule is C1=CCC=C1.CC(C)(C)C.CC(C)(C)C.CC(C)(C)C.CC(C)(C)C.c1cncpc1. The summed E-state index contributed by atoms with van der Waals surface area (Å²) in [4.78, 5) is 3.83. The normalized spacial score (nSPS) is 12.4. The number of nitrogens with zero attached hydrogens (tertiary/aromatic N) is 1. The van der Waals surface area contributed by atoms with Gasteiger partial charge in [0.2, 0.25) is 0 Å². The van der Waals surface area contributed by atoms with Crippen LogP contribution in [0, 0.1) is 21.7 Å². The van der Waals surface area contributed by atoms with Gasteiger partial charge in [-0.3, -0.25) is 4.98 Å². The van der Waals surface area contributed by atoms with Crippen LogP contribution in [0.25, 0.3) is 0 Å². The van der Waals surface area contributed by atoms with Crippen molar-refractivity contribution in [3.05, 3.63) is 48.3 Å². The lowest BCUT2D eigenvalue weighted by Gasteiger charge is -2.05. The molecule has 2 heteroatoms. The van der Waals surface area contributed by atoms with Crippen LogP contribution in [0.4, 0.5) is 0 Å². The highest BCUT2D eigenvalue weighted by Gasteiger charge is 1.96. The van der Waals surface area contributed by atoms with Gasteiger partial charge in [0.25, 0.3) is 0 Å². The van der Waals surface area contributed by atoms with Crippen LogP contribution in [-0.4, -0.2) is 4.98 Å². The third-order valence-corrected chi connectivity index (χ3v) is 1.74. The Morgan fingerprint density at radius 3 is 0.903 bits per heavy atom. The molecule has 1 heterocycles. The van der Waals surface area contributed by atoms with Gasteiger partial charge in [0.1, 0.15) is 0 Å². The number of rotatable bonds is 0. The van der Waals surface area contributed by atoms with Crippen LogP contribution >= 0.6 is 8.19 Å². The number of hydrogen-bond acceptors (Lipinski definition) is 1. The van der Waals surface area contributed by atoms with Gasteiger partial charge in [0.05, 0.1) is 5.93 Å². The molecule has 0 fully saturated rings. The van der Waals surface area contributed by atoms with Crippen LogP contribution in [0.3, 0.4) is 0 Å². The van der Waals surface area contributed by atoms with E-state index in [0.29, 0.717) is 21.7 Å². The largest absolute Gasteiger partial charge is 0.260 e. The molecule has 1 aromatic rings. The maximum absolute atomic E-state index is 3.83. The van der Waals surface area contributed by atoms with Crippen molar-refractivity contribution in [1.82, 2.24) is 4.98 Å². The molecule has 0 bridgehead atoms. The quantitative estimate of drug-likeness (QED) is 0.382. The Hall–Kier alpha value is -0.940. The molecule has 31 heavy (non-hydrogen) atoms. The van der Waals surface area contributed by atoms with Crippen molar-refractivity contribution in [2.45, 2.75) is 117 Å². The third kappa shape index (κ3) is 210. The van der Waals surface area contributed by atoms with E-state index < -0.39 is 0 Å². The van der Waals surface area contributed by atoms with E-state index in [9.17, 15) is 0 Å². The number of hydrogen-bond donors (Lipinski definition) is 0. The van der Waals surface area contributed by atoms with Gasteiger partial charge >= 0.3 is 0 Å². The minimum Gasteiger partial charge on any atom is -0.260 e. The third-order valence-electron chi connectivity index (χ3n) is 1.13. The van der Waals surface area contributed by atoms with Crippen LogP contribution in [0.2, 0.25) is 0 Å². The van der Waals surface area contributed by atoms with Gasteiger partial charge in [-0.25, -0.2) is 0 Å². The van der Waals surface area contributed by atoms with Crippen molar-refractivity contribution in [3.8, 4) is 0 Å². The fourth-order valence-corrected chi connectivity index (χ4v) is 1.05. The van der Waals surface area contributed by atoms with Crippen LogP contribution in [-0.2, 0) is 0 Å². The molecule has 0 aromatic carbocycles. The fraction of sp³-hybridized carbons (Fsp3) is 0.724. The zero-order valence-corrected chi connectivity index (χ0v) is 25.1. The number of allylic oxidation sites excluding steroid dienone is 4. The monoisotopic (exact) mass is 451 g/mol. The summed E-state index contributed by atoms with van der Waals surface area (Å²) in [7, 11) is 1.19. The smallest absolute Gasteiger partial charge is 0.0538 e. The van der Waals surface area contributed by atoms with E-state index in [4.69, 9.17) is 0 Å². The molecule has 0 amide bonds. The molecule has 0 spiro atoms. The van der Waals surface area contributed by atoms with E-state index in [0.717, 1.165) is 6.42 Å². The van der Waals surface area contributed by atoms with Crippen molar-refractivity contribution >= 4 is 8.19 Å².